The van der Waals surface area contributed by atoms with E-state index in [1.807, 2.05) is 13.8 Å². The van der Waals surface area contributed by atoms with Crippen LogP contribution < -0.4 is 0 Å². The molecule has 4 nitrogen and oxygen atoms in total. The fourth-order valence-corrected chi connectivity index (χ4v) is 3.61. The number of aryl methyl sites for hydroxylation is 1. The van der Waals surface area contributed by atoms with Gasteiger partial charge in [0.05, 0.1) is 10.5 Å². The molecular weight excluding hydrogens is 317 g/mol. The van der Waals surface area contributed by atoms with Gasteiger partial charge in [0.1, 0.15) is 5.82 Å². The quantitative estimate of drug-likeness (QED) is 0.782. The Bertz CT molecular complexity index is 690. The Morgan fingerprint density at radius 3 is 2.48 bits per heavy atom. The van der Waals surface area contributed by atoms with E-state index in [0.29, 0.717) is 12.5 Å². The van der Waals surface area contributed by atoms with Gasteiger partial charge in [-0.2, -0.15) is 0 Å². The lowest BCUT2D eigenvalue weighted by Gasteiger charge is -2.22. The standard InChI is InChI=1S/C14H17ClFNO3S/c1-8-4-10(3)17(7-8)14(18)12-6-11(21(15,19)20)5-9(2)13(12)16/h5-6,8,10H,4,7H2,1-3H3. The Morgan fingerprint density at radius 1 is 1.38 bits per heavy atom. The molecule has 0 bridgehead atoms. The van der Waals surface area contributed by atoms with Crippen molar-refractivity contribution in [3.05, 3.63) is 29.1 Å². The van der Waals surface area contributed by atoms with Crippen LogP contribution in [0.4, 0.5) is 4.39 Å². The van der Waals surface area contributed by atoms with Crippen molar-refractivity contribution in [3.63, 3.8) is 0 Å². The molecule has 1 aliphatic heterocycles. The van der Waals surface area contributed by atoms with Crippen LogP contribution in [0.3, 0.4) is 0 Å². The highest BCUT2D eigenvalue weighted by Gasteiger charge is 2.32. The highest BCUT2D eigenvalue weighted by Crippen LogP contribution is 2.28. The van der Waals surface area contributed by atoms with Gasteiger partial charge in [-0.1, -0.05) is 6.92 Å². The molecular formula is C14H17ClFNO3S. The van der Waals surface area contributed by atoms with Crippen LogP contribution in [-0.4, -0.2) is 31.8 Å². The topological polar surface area (TPSA) is 54.5 Å². The fourth-order valence-electron chi connectivity index (χ4n) is 2.77. The number of benzene rings is 1. The average molecular weight is 334 g/mol. The molecule has 7 heteroatoms. The van der Waals surface area contributed by atoms with Crippen LogP contribution in [0.2, 0.25) is 0 Å². The van der Waals surface area contributed by atoms with Gasteiger partial charge in [0, 0.05) is 23.3 Å². The first-order valence-electron chi connectivity index (χ1n) is 6.67. The third kappa shape index (κ3) is 3.21. The first-order chi connectivity index (χ1) is 9.61. The first kappa shape index (κ1) is 16.2. The molecule has 1 heterocycles. The summed E-state index contributed by atoms with van der Waals surface area (Å²) in [5.41, 5.74) is -0.157. The van der Waals surface area contributed by atoms with E-state index < -0.39 is 20.8 Å². The monoisotopic (exact) mass is 333 g/mol. The van der Waals surface area contributed by atoms with Crippen LogP contribution in [0.25, 0.3) is 0 Å². The number of rotatable bonds is 2. The Labute approximate surface area is 128 Å². The molecule has 0 radical (unpaired) electrons. The number of hydrogen-bond acceptors (Lipinski definition) is 3. The number of nitrogens with zero attached hydrogens (tertiary/aromatic N) is 1. The Hall–Kier alpha value is -1.14. The van der Waals surface area contributed by atoms with Gasteiger partial charge in [-0.3, -0.25) is 4.79 Å². The maximum absolute atomic E-state index is 14.2. The molecule has 2 unspecified atom stereocenters. The van der Waals surface area contributed by atoms with Crippen LogP contribution in [0, 0.1) is 18.7 Å². The minimum atomic E-state index is -4.01. The minimum Gasteiger partial charge on any atom is -0.336 e. The van der Waals surface area contributed by atoms with Crippen LogP contribution >= 0.6 is 10.7 Å². The number of hydrogen-bond donors (Lipinski definition) is 0. The molecule has 1 saturated heterocycles. The Balaban J connectivity index is 2.48. The van der Waals surface area contributed by atoms with Gasteiger partial charge in [-0.15, -0.1) is 0 Å². The molecule has 0 saturated carbocycles. The largest absolute Gasteiger partial charge is 0.336 e. The number of amides is 1. The van der Waals surface area contributed by atoms with Crippen molar-refractivity contribution < 1.29 is 17.6 Å². The van der Waals surface area contributed by atoms with Crippen molar-refractivity contribution in [1.29, 1.82) is 0 Å². The van der Waals surface area contributed by atoms with E-state index in [4.69, 9.17) is 10.7 Å². The van der Waals surface area contributed by atoms with E-state index in [1.54, 1.807) is 4.90 Å². The summed E-state index contributed by atoms with van der Waals surface area (Å²) in [6, 6.07) is 2.15. The molecule has 1 aromatic rings. The smallest absolute Gasteiger partial charge is 0.261 e. The molecule has 116 valence electrons. The van der Waals surface area contributed by atoms with Crippen LogP contribution in [-0.2, 0) is 9.05 Å². The summed E-state index contributed by atoms with van der Waals surface area (Å²) in [5.74, 6) is -0.849. The van der Waals surface area contributed by atoms with Crippen molar-refractivity contribution in [2.75, 3.05) is 6.54 Å². The zero-order valence-electron chi connectivity index (χ0n) is 12.1. The molecule has 0 aromatic heterocycles. The zero-order chi connectivity index (χ0) is 15.9. The summed E-state index contributed by atoms with van der Waals surface area (Å²) in [5, 5.41) is 0. The first-order valence-corrected chi connectivity index (χ1v) is 8.98. The van der Waals surface area contributed by atoms with Crippen LogP contribution in [0.5, 0.6) is 0 Å². The number of carbonyl (C=O) groups is 1. The Kier molecular flexibility index (Phi) is 4.31. The summed E-state index contributed by atoms with van der Waals surface area (Å²) in [6.45, 7) is 5.86. The molecule has 1 aromatic carbocycles. The molecule has 0 N–H and O–H groups in total. The summed E-state index contributed by atoms with van der Waals surface area (Å²) < 4.78 is 37.1. The third-order valence-corrected chi connectivity index (χ3v) is 5.12. The molecule has 2 rings (SSSR count). The normalized spacial score (nSPS) is 22.6. The van der Waals surface area contributed by atoms with Gasteiger partial charge < -0.3 is 4.90 Å². The molecule has 1 amide bonds. The fraction of sp³-hybridized carbons (Fsp3) is 0.500. The number of likely N-dealkylation sites (tertiary alicyclic amines) is 1. The van der Waals surface area contributed by atoms with Gasteiger partial charge in [-0.05, 0) is 43.9 Å². The predicted octanol–water partition coefficient (Wildman–Crippen LogP) is 2.93. The highest BCUT2D eigenvalue weighted by molar-refractivity contribution is 8.13. The van der Waals surface area contributed by atoms with Gasteiger partial charge in [0.15, 0.2) is 0 Å². The van der Waals surface area contributed by atoms with E-state index in [-0.39, 0.29) is 22.1 Å². The zero-order valence-corrected chi connectivity index (χ0v) is 13.6. The van der Waals surface area contributed by atoms with Crippen LogP contribution in [0.15, 0.2) is 17.0 Å². The second kappa shape index (κ2) is 5.57. The van der Waals surface area contributed by atoms with Gasteiger partial charge in [-0.25, -0.2) is 12.8 Å². The summed E-state index contributed by atoms with van der Waals surface area (Å²) in [7, 11) is 1.28. The maximum Gasteiger partial charge on any atom is 0.261 e. The third-order valence-electron chi connectivity index (χ3n) is 3.78. The Morgan fingerprint density at radius 2 is 2.00 bits per heavy atom. The summed E-state index contributed by atoms with van der Waals surface area (Å²) >= 11 is 0. The molecule has 1 fully saturated rings. The van der Waals surface area contributed by atoms with Crippen molar-refractivity contribution in [2.24, 2.45) is 5.92 Å². The lowest BCUT2D eigenvalue weighted by atomic mass is 10.1. The van der Waals surface area contributed by atoms with Crippen molar-refractivity contribution in [3.8, 4) is 0 Å². The van der Waals surface area contributed by atoms with Gasteiger partial charge >= 0.3 is 0 Å². The number of carbonyl (C=O) groups excluding carboxylic acids is 1. The molecule has 0 aliphatic carbocycles. The number of halogens is 2. The van der Waals surface area contributed by atoms with Crippen molar-refractivity contribution >= 4 is 25.6 Å². The molecule has 1 aliphatic rings. The van der Waals surface area contributed by atoms with E-state index in [0.717, 1.165) is 18.6 Å². The lowest BCUT2D eigenvalue weighted by molar-refractivity contribution is 0.0738. The molecule has 21 heavy (non-hydrogen) atoms. The minimum absolute atomic E-state index is 0.00321. The average Bonchev–Trinajstić information content (AvgIpc) is 2.69. The van der Waals surface area contributed by atoms with Crippen molar-refractivity contribution in [2.45, 2.75) is 38.1 Å². The second-order valence-electron chi connectivity index (χ2n) is 5.69. The van der Waals surface area contributed by atoms with Gasteiger partial charge in [0.2, 0.25) is 0 Å². The van der Waals surface area contributed by atoms with Crippen molar-refractivity contribution in [1.82, 2.24) is 4.90 Å². The maximum atomic E-state index is 14.2. The second-order valence-corrected chi connectivity index (χ2v) is 8.25. The van der Waals surface area contributed by atoms with Gasteiger partial charge in [0.25, 0.3) is 15.0 Å². The lowest BCUT2D eigenvalue weighted by Crippen LogP contribution is -2.34. The molecule has 2 atom stereocenters. The SMILES string of the molecule is Cc1cc(S(=O)(=O)Cl)cc(C(=O)N2CC(C)CC2C)c1F. The van der Waals surface area contributed by atoms with E-state index >= 15 is 0 Å². The predicted molar refractivity (Wildman–Crippen MR) is 78.5 cm³/mol. The highest BCUT2D eigenvalue weighted by atomic mass is 35.7. The van der Waals surface area contributed by atoms with E-state index in [9.17, 15) is 17.6 Å². The van der Waals surface area contributed by atoms with E-state index in [1.165, 1.54) is 6.92 Å². The summed E-state index contributed by atoms with van der Waals surface area (Å²) in [4.78, 5) is 13.8. The summed E-state index contributed by atoms with van der Waals surface area (Å²) in [6.07, 6.45) is 0.847. The van der Waals surface area contributed by atoms with Crippen LogP contribution in [0.1, 0.15) is 36.2 Å². The molecule has 0 spiro atoms. The van der Waals surface area contributed by atoms with E-state index in [2.05, 4.69) is 0 Å².